The first-order valence-corrected chi connectivity index (χ1v) is 16.1. The first kappa shape index (κ1) is 30.8. The summed E-state index contributed by atoms with van der Waals surface area (Å²) in [7, 11) is 0. The number of carbonyl (C=O) groups excluding carboxylic acids is 3. The predicted octanol–water partition coefficient (Wildman–Crippen LogP) is 5.43. The number of aliphatic hydroxyl groups is 1. The first-order chi connectivity index (χ1) is 20.4. The van der Waals surface area contributed by atoms with E-state index in [1.54, 1.807) is 24.5 Å². The zero-order valence-electron chi connectivity index (χ0n) is 27.2. The van der Waals surface area contributed by atoms with Gasteiger partial charge in [-0.15, -0.1) is 0 Å². The Hall–Kier alpha value is -3.18. The number of amides is 1. The van der Waals surface area contributed by atoms with Crippen LogP contribution in [0, 0.1) is 55.7 Å². The lowest BCUT2D eigenvalue weighted by Crippen LogP contribution is -2.74. The Morgan fingerprint density at radius 1 is 1.00 bits per heavy atom. The molecule has 1 aromatic heterocycles. The average Bonchev–Trinajstić information content (AvgIpc) is 2.98. The van der Waals surface area contributed by atoms with Gasteiger partial charge in [0.25, 0.3) is 0 Å². The number of nitrogens with zero attached hydrogens (tertiary/aromatic N) is 3. The summed E-state index contributed by atoms with van der Waals surface area (Å²) in [6, 6.07) is 3.88. The molecule has 234 valence electrons. The summed E-state index contributed by atoms with van der Waals surface area (Å²) in [4.78, 5) is 50.1. The van der Waals surface area contributed by atoms with E-state index in [9.17, 15) is 24.8 Å². The lowest BCUT2D eigenvalue weighted by atomic mass is 9.33. The summed E-state index contributed by atoms with van der Waals surface area (Å²) in [6.07, 6.45) is 11.6. The van der Waals surface area contributed by atoms with Crippen molar-refractivity contribution in [2.75, 3.05) is 0 Å². The fraction of sp³-hybridized carbons (Fsp3) is 0.667. The summed E-state index contributed by atoms with van der Waals surface area (Å²) in [6.45, 7) is 14.6. The second-order valence-electron chi connectivity index (χ2n) is 16.3. The Balaban J connectivity index is 1.42. The zero-order valence-corrected chi connectivity index (χ0v) is 27.2. The number of ketones is 2. The number of allylic oxidation sites excluding steroid dienone is 3. The van der Waals surface area contributed by atoms with Gasteiger partial charge >= 0.3 is 0 Å². The van der Waals surface area contributed by atoms with Crippen molar-refractivity contribution < 1.29 is 19.5 Å². The SMILES string of the molecule is CC1(C)C(=O)C(C#N)=C[C@]2(C)C3=CC(=O)[C@]4(O)[C@@H]5C[C@@](C)(C(=O)NCc6ncccn6)CC[C@]5(C)CC[C@@]4(C)[C@]3(C)CC[C@@H]12. The van der Waals surface area contributed by atoms with Gasteiger partial charge in [0.2, 0.25) is 5.91 Å². The maximum Gasteiger partial charge on any atom is 0.226 e. The standard InChI is InChI=1S/C36H46N4O4/c1-30(2)23-9-10-34(6)24(33(23,5)18-22(20-37)28(30)42)17-26(41)36(44)25-19-32(4,12-11-31(25,3)13-14-35(34,36)7)29(43)40-21-27-38-15-8-16-39-27/h8,15-18,23,25,44H,9-14,19,21H2,1-7H3,(H,40,43)/t23-,25+,31+,32-,33-,34+,35-,36+/m0/s1. The van der Waals surface area contributed by atoms with Crippen LogP contribution in [0.4, 0.5) is 0 Å². The number of nitrogens with one attached hydrogen (secondary N) is 1. The largest absolute Gasteiger partial charge is 0.381 e. The molecule has 1 amide bonds. The Bertz CT molecular complexity index is 1560. The van der Waals surface area contributed by atoms with Crippen molar-refractivity contribution in [3.63, 3.8) is 0 Å². The van der Waals surface area contributed by atoms with Crippen LogP contribution in [0.25, 0.3) is 0 Å². The monoisotopic (exact) mass is 598 g/mol. The van der Waals surface area contributed by atoms with Crippen molar-refractivity contribution in [2.24, 2.45) is 44.3 Å². The lowest BCUT2D eigenvalue weighted by molar-refractivity contribution is -0.242. The molecule has 3 saturated carbocycles. The second kappa shape index (κ2) is 9.42. The number of hydrogen-bond donors (Lipinski definition) is 2. The highest BCUT2D eigenvalue weighted by molar-refractivity contribution is 6.05. The van der Waals surface area contributed by atoms with Gasteiger partial charge < -0.3 is 10.4 Å². The number of aromatic nitrogens is 2. The zero-order chi connectivity index (χ0) is 32.1. The Kier molecular flexibility index (Phi) is 6.60. The van der Waals surface area contributed by atoms with Crippen LogP contribution >= 0.6 is 0 Å². The van der Waals surface area contributed by atoms with E-state index in [1.807, 2.05) is 26.8 Å². The highest BCUT2D eigenvalue weighted by Crippen LogP contribution is 2.75. The van der Waals surface area contributed by atoms with Crippen LogP contribution in [0.3, 0.4) is 0 Å². The maximum absolute atomic E-state index is 14.6. The van der Waals surface area contributed by atoms with Crippen LogP contribution in [0.2, 0.25) is 0 Å². The van der Waals surface area contributed by atoms with Gasteiger partial charge in [-0.25, -0.2) is 9.97 Å². The third kappa shape index (κ3) is 3.74. The van der Waals surface area contributed by atoms with E-state index in [1.165, 1.54) is 0 Å². The van der Waals surface area contributed by atoms with E-state index in [4.69, 9.17) is 0 Å². The number of nitriles is 1. The molecule has 0 aliphatic heterocycles. The molecule has 6 rings (SSSR count). The molecule has 0 saturated heterocycles. The van der Waals surface area contributed by atoms with Crippen LogP contribution in [0.15, 0.2) is 41.8 Å². The smallest absolute Gasteiger partial charge is 0.226 e. The second-order valence-corrected chi connectivity index (χ2v) is 16.3. The number of Topliss-reactive ketones (excluding diaryl/α,β-unsaturated/α-hetero) is 1. The third-order valence-corrected chi connectivity index (χ3v) is 13.8. The normalized spacial score (nSPS) is 44.1. The summed E-state index contributed by atoms with van der Waals surface area (Å²) in [5, 5.41) is 26.0. The van der Waals surface area contributed by atoms with Crippen LogP contribution in [0.1, 0.15) is 99.2 Å². The van der Waals surface area contributed by atoms with Gasteiger partial charge in [0.15, 0.2) is 11.6 Å². The van der Waals surface area contributed by atoms with Gasteiger partial charge in [0.05, 0.1) is 12.1 Å². The molecule has 0 bridgehead atoms. The van der Waals surface area contributed by atoms with Crippen LogP contribution < -0.4 is 5.32 Å². The minimum Gasteiger partial charge on any atom is -0.381 e. The van der Waals surface area contributed by atoms with Crippen molar-refractivity contribution in [1.29, 1.82) is 5.26 Å². The van der Waals surface area contributed by atoms with Crippen molar-refractivity contribution in [3.8, 4) is 6.07 Å². The molecule has 0 radical (unpaired) electrons. The minimum atomic E-state index is -1.66. The molecule has 8 nitrogen and oxygen atoms in total. The number of hydrogen-bond acceptors (Lipinski definition) is 7. The van der Waals surface area contributed by atoms with Crippen molar-refractivity contribution in [1.82, 2.24) is 15.3 Å². The molecule has 5 aliphatic rings. The van der Waals surface area contributed by atoms with Crippen LogP contribution in [-0.2, 0) is 20.9 Å². The van der Waals surface area contributed by atoms with E-state index in [-0.39, 0.29) is 40.9 Å². The highest BCUT2D eigenvalue weighted by atomic mass is 16.3. The van der Waals surface area contributed by atoms with Crippen molar-refractivity contribution in [2.45, 2.75) is 106 Å². The Morgan fingerprint density at radius 2 is 1.66 bits per heavy atom. The highest BCUT2D eigenvalue weighted by Gasteiger charge is 2.75. The van der Waals surface area contributed by atoms with Gasteiger partial charge in [-0.2, -0.15) is 5.26 Å². The molecular formula is C36H46N4O4. The quantitative estimate of drug-likeness (QED) is 0.474. The molecule has 1 heterocycles. The topological polar surface area (TPSA) is 133 Å². The van der Waals surface area contributed by atoms with E-state index in [2.05, 4.69) is 49.0 Å². The Labute approximate surface area is 260 Å². The molecule has 1 aromatic rings. The van der Waals surface area contributed by atoms with Crippen molar-refractivity contribution in [3.05, 3.63) is 47.6 Å². The summed E-state index contributed by atoms with van der Waals surface area (Å²) in [5.41, 5.74) is -4.37. The maximum atomic E-state index is 14.6. The minimum absolute atomic E-state index is 0.0642. The van der Waals surface area contributed by atoms with Crippen LogP contribution in [-0.4, -0.2) is 38.1 Å². The van der Waals surface area contributed by atoms with Gasteiger partial charge in [-0.05, 0) is 79.4 Å². The third-order valence-electron chi connectivity index (χ3n) is 13.8. The molecule has 3 fully saturated rings. The molecule has 44 heavy (non-hydrogen) atoms. The molecule has 5 aliphatic carbocycles. The van der Waals surface area contributed by atoms with E-state index >= 15 is 0 Å². The molecule has 0 spiro atoms. The number of rotatable bonds is 3. The lowest BCUT2D eigenvalue weighted by Gasteiger charge is -2.71. The fourth-order valence-electron chi connectivity index (χ4n) is 10.8. The molecule has 8 atom stereocenters. The van der Waals surface area contributed by atoms with Gasteiger partial charge in [-0.1, -0.05) is 54.5 Å². The van der Waals surface area contributed by atoms with E-state index in [0.29, 0.717) is 25.1 Å². The Morgan fingerprint density at radius 3 is 2.32 bits per heavy atom. The summed E-state index contributed by atoms with van der Waals surface area (Å²) < 4.78 is 0. The van der Waals surface area contributed by atoms with Crippen molar-refractivity contribution >= 4 is 17.5 Å². The predicted molar refractivity (Wildman–Crippen MR) is 164 cm³/mol. The van der Waals surface area contributed by atoms with E-state index in [0.717, 1.165) is 31.3 Å². The van der Waals surface area contributed by atoms with E-state index < -0.39 is 38.6 Å². The van der Waals surface area contributed by atoms with Gasteiger partial charge in [-0.3, -0.25) is 14.4 Å². The number of fused-ring (bicyclic) bond motifs is 7. The van der Waals surface area contributed by atoms with Crippen LogP contribution in [0.5, 0.6) is 0 Å². The van der Waals surface area contributed by atoms with Gasteiger partial charge in [0.1, 0.15) is 17.5 Å². The fourth-order valence-corrected chi connectivity index (χ4v) is 10.8. The molecule has 0 aromatic carbocycles. The first-order valence-electron chi connectivity index (χ1n) is 16.1. The molecular weight excluding hydrogens is 552 g/mol. The molecule has 0 unspecified atom stereocenters. The summed E-state index contributed by atoms with van der Waals surface area (Å²) >= 11 is 0. The molecule has 2 N–H and O–H groups in total. The molecule has 8 heteroatoms. The number of carbonyl (C=O) groups is 3. The van der Waals surface area contributed by atoms with Gasteiger partial charge in [0, 0.05) is 40.0 Å². The summed E-state index contributed by atoms with van der Waals surface area (Å²) in [5.74, 6) is -0.478. The average molecular weight is 599 g/mol.